The van der Waals surface area contributed by atoms with Gasteiger partial charge in [-0.15, -0.1) is 0 Å². The Morgan fingerprint density at radius 3 is 2.76 bits per heavy atom. The van der Waals surface area contributed by atoms with Crippen LogP contribution in [-0.4, -0.2) is 30.3 Å². The van der Waals surface area contributed by atoms with Crippen molar-refractivity contribution in [3.63, 3.8) is 0 Å². The van der Waals surface area contributed by atoms with Crippen LogP contribution >= 0.6 is 0 Å². The number of carboxylic acid groups (broad SMARTS) is 1. The first kappa shape index (κ1) is 12.8. The zero-order valence-corrected chi connectivity index (χ0v) is 9.09. The van der Waals surface area contributed by atoms with Gasteiger partial charge in [0.05, 0.1) is 6.42 Å². The van der Waals surface area contributed by atoms with Gasteiger partial charge >= 0.3 is 11.9 Å². The Morgan fingerprint density at radius 2 is 2.12 bits per heavy atom. The van der Waals surface area contributed by atoms with E-state index >= 15 is 0 Å². The molecule has 0 saturated carbocycles. The second kappa shape index (κ2) is 6.37. The number of aliphatic carboxylic acids is 1. The van der Waals surface area contributed by atoms with E-state index in [4.69, 9.17) is 15.6 Å². The highest BCUT2D eigenvalue weighted by molar-refractivity contribution is 5.72. The van der Waals surface area contributed by atoms with E-state index in [9.17, 15) is 9.59 Å². The first-order valence-electron chi connectivity index (χ1n) is 4.93. The van der Waals surface area contributed by atoms with E-state index in [2.05, 4.69) is 4.74 Å². The molecule has 17 heavy (non-hydrogen) atoms. The third-order valence-corrected chi connectivity index (χ3v) is 1.79. The van der Waals surface area contributed by atoms with Crippen LogP contribution < -0.4 is 10.5 Å². The molecule has 0 aliphatic heterocycles. The Labute approximate surface area is 97.9 Å². The lowest BCUT2D eigenvalue weighted by atomic mass is 10.3. The second-order valence-electron chi connectivity index (χ2n) is 3.23. The number of nitrogens with two attached hydrogens (primary N) is 1. The molecule has 0 atom stereocenters. The van der Waals surface area contributed by atoms with E-state index in [0.717, 1.165) is 0 Å². The Morgan fingerprint density at radius 1 is 1.35 bits per heavy atom. The number of carbonyl (C=O) groups is 2. The Kier molecular flexibility index (Phi) is 4.80. The maximum Gasteiger partial charge on any atom is 0.344 e. The summed E-state index contributed by atoms with van der Waals surface area (Å²) in [6, 6.07) is 6.61. The molecule has 0 spiro atoms. The van der Waals surface area contributed by atoms with Gasteiger partial charge in [-0.25, -0.2) is 4.79 Å². The minimum Gasteiger partial charge on any atom is -0.482 e. The molecule has 0 aliphatic carbocycles. The summed E-state index contributed by atoms with van der Waals surface area (Å²) in [6.45, 7) is -0.433. The molecule has 0 amide bonds. The molecular weight excluding hydrogens is 226 g/mol. The first-order chi connectivity index (χ1) is 8.08. The number of ether oxygens (including phenoxy) is 2. The van der Waals surface area contributed by atoms with Crippen molar-refractivity contribution in [1.29, 1.82) is 0 Å². The van der Waals surface area contributed by atoms with Crippen molar-refractivity contribution < 1.29 is 24.2 Å². The fraction of sp³-hybridized carbons (Fsp3) is 0.273. The van der Waals surface area contributed by atoms with Gasteiger partial charge in [-0.1, -0.05) is 6.07 Å². The van der Waals surface area contributed by atoms with Crippen molar-refractivity contribution in [2.45, 2.75) is 6.42 Å². The molecule has 0 heterocycles. The maximum atomic E-state index is 11.1. The van der Waals surface area contributed by atoms with Crippen molar-refractivity contribution in [3.05, 3.63) is 24.3 Å². The van der Waals surface area contributed by atoms with Crippen LogP contribution in [0, 0.1) is 0 Å². The summed E-state index contributed by atoms with van der Waals surface area (Å²) < 4.78 is 9.73. The van der Waals surface area contributed by atoms with E-state index in [0.29, 0.717) is 11.4 Å². The van der Waals surface area contributed by atoms with Crippen LogP contribution in [-0.2, 0) is 14.3 Å². The van der Waals surface area contributed by atoms with Gasteiger partial charge in [0.1, 0.15) is 12.4 Å². The molecule has 6 heteroatoms. The van der Waals surface area contributed by atoms with Crippen LogP contribution in [0.3, 0.4) is 0 Å². The summed E-state index contributed by atoms with van der Waals surface area (Å²) in [5.74, 6) is -1.18. The molecule has 0 unspecified atom stereocenters. The molecule has 0 bridgehead atoms. The zero-order chi connectivity index (χ0) is 12.7. The molecular formula is C11H13NO5. The lowest BCUT2D eigenvalue weighted by Crippen LogP contribution is -2.16. The predicted octanol–water partition coefficient (Wildman–Crippen LogP) is 0.665. The van der Waals surface area contributed by atoms with Crippen molar-refractivity contribution >= 4 is 17.6 Å². The number of nitrogen functional groups attached to an aromatic ring is 1. The predicted molar refractivity (Wildman–Crippen MR) is 59.6 cm³/mol. The average molecular weight is 239 g/mol. The SMILES string of the molecule is Nc1cccc(OCC(=O)OCCC(=O)O)c1. The van der Waals surface area contributed by atoms with E-state index in [-0.39, 0.29) is 19.6 Å². The molecule has 0 saturated heterocycles. The monoisotopic (exact) mass is 239 g/mol. The van der Waals surface area contributed by atoms with Gasteiger partial charge in [-0.05, 0) is 12.1 Å². The van der Waals surface area contributed by atoms with Crippen LogP contribution in [0.25, 0.3) is 0 Å². The van der Waals surface area contributed by atoms with Crippen LogP contribution in [0.2, 0.25) is 0 Å². The summed E-state index contributed by atoms with van der Waals surface area (Å²) in [5.41, 5.74) is 6.05. The summed E-state index contributed by atoms with van der Waals surface area (Å²) in [5, 5.41) is 8.33. The van der Waals surface area contributed by atoms with E-state index in [1.165, 1.54) is 0 Å². The minimum absolute atomic E-state index is 0.158. The zero-order valence-electron chi connectivity index (χ0n) is 9.09. The van der Waals surface area contributed by atoms with Gasteiger partial charge in [0.15, 0.2) is 6.61 Å². The number of benzene rings is 1. The maximum absolute atomic E-state index is 11.1. The molecule has 1 rings (SSSR count). The fourth-order valence-corrected chi connectivity index (χ4v) is 1.04. The first-order valence-corrected chi connectivity index (χ1v) is 4.93. The largest absolute Gasteiger partial charge is 0.482 e. The Bertz CT molecular complexity index is 405. The van der Waals surface area contributed by atoms with Gasteiger partial charge in [0.2, 0.25) is 0 Å². The van der Waals surface area contributed by atoms with Crippen molar-refractivity contribution in [1.82, 2.24) is 0 Å². The molecule has 1 aromatic carbocycles. The van der Waals surface area contributed by atoms with E-state index in [1.807, 2.05) is 0 Å². The summed E-state index contributed by atoms with van der Waals surface area (Å²) in [7, 11) is 0. The van der Waals surface area contributed by atoms with Gasteiger partial charge in [0, 0.05) is 11.8 Å². The molecule has 92 valence electrons. The van der Waals surface area contributed by atoms with E-state index < -0.39 is 11.9 Å². The second-order valence-corrected chi connectivity index (χ2v) is 3.23. The number of rotatable bonds is 6. The Hall–Kier alpha value is -2.24. The van der Waals surface area contributed by atoms with Gasteiger partial charge in [-0.3, -0.25) is 4.79 Å². The normalized spacial score (nSPS) is 9.65. The molecule has 0 aliphatic rings. The third-order valence-electron chi connectivity index (χ3n) is 1.79. The van der Waals surface area contributed by atoms with Crippen molar-refractivity contribution in [2.75, 3.05) is 18.9 Å². The Balaban J connectivity index is 2.26. The lowest BCUT2D eigenvalue weighted by molar-refractivity contribution is -0.148. The molecule has 0 radical (unpaired) electrons. The number of carbonyl (C=O) groups excluding carboxylic acids is 1. The highest BCUT2D eigenvalue weighted by atomic mass is 16.6. The summed E-state index contributed by atoms with van der Waals surface area (Å²) in [6.07, 6.45) is -0.218. The quantitative estimate of drug-likeness (QED) is 0.559. The van der Waals surface area contributed by atoms with Crippen LogP contribution in [0.15, 0.2) is 24.3 Å². The summed E-state index contributed by atoms with van der Waals surface area (Å²) in [4.78, 5) is 21.3. The van der Waals surface area contributed by atoms with E-state index in [1.54, 1.807) is 24.3 Å². The highest BCUT2D eigenvalue weighted by Crippen LogP contribution is 2.14. The van der Waals surface area contributed by atoms with Crippen molar-refractivity contribution in [3.8, 4) is 5.75 Å². The van der Waals surface area contributed by atoms with Crippen LogP contribution in [0.5, 0.6) is 5.75 Å². The fourth-order valence-electron chi connectivity index (χ4n) is 1.04. The number of hydrogen-bond acceptors (Lipinski definition) is 5. The standard InChI is InChI=1S/C11H13NO5/c12-8-2-1-3-9(6-8)17-7-11(15)16-5-4-10(13)14/h1-3,6H,4-5,7,12H2,(H,13,14). The third kappa shape index (κ3) is 5.41. The van der Waals surface area contributed by atoms with Gasteiger partial charge in [-0.2, -0.15) is 0 Å². The molecule has 6 nitrogen and oxygen atoms in total. The van der Waals surface area contributed by atoms with Gasteiger partial charge < -0.3 is 20.3 Å². The number of hydrogen-bond donors (Lipinski definition) is 2. The smallest absolute Gasteiger partial charge is 0.344 e. The lowest BCUT2D eigenvalue weighted by Gasteiger charge is -2.06. The van der Waals surface area contributed by atoms with Crippen LogP contribution in [0.4, 0.5) is 5.69 Å². The number of carboxylic acids is 1. The van der Waals surface area contributed by atoms with Crippen molar-refractivity contribution in [2.24, 2.45) is 0 Å². The van der Waals surface area contributed by atoms with Crippen LogP contribution in [0.1, 0.15) is 6.42 Å². The number of esters is 1. The topological polar surface area (TPSA) is 98.9 Å². The molecule has 0 aromatic heterocycles. The molecule has 3 N–H and O–H groups in total. The van der Waals surface area contributed by atoms with Gasteiger partial charge in [0.25, 0.3) is 0 Å². The average Bonchev–Trinajstić information content (AvgIpc) is 2.26. The molecule has 0 fully saturated rings. The highest BCUT2D eigenvalue weighted by Gasteiger charge is 2.05. The minimum atomic E-state index is -1.02. The summed E-state index contributed by atoms with van der Waals surface area (Å²) >= 11 is 0. The number of anilines is 1. The molecule has 1 aromatic rings.